The molecule has 1 rings (SSSR count). The van der Waals surface area contributed by atoms with Gasteiger partial charge in [0.2, 0.25) is 0 Å². The Bertz CT molecular complexity index is 334. The van der Waals surface area contributed by atoms with Gasteiger partial charge in [-0.1, -0.05) is 20.8 Å². The quantitative estimate of drug-likeness (QED) is 0.751. The highest BCUT2D eigenvalue weighted by Gasteiger charge is 2.43. The minimum Gasteiger partial charge on any atom is -0.479 e. The van der Waals surface area contributed by atoms with Gasteiger partial charge in [0, 0.05) is 19.1 Å². The predicted octanol–water partition coefficient (Wildman–Crippen LogP) is 1.53. The Hall–Kier alpha value is -0.433. The van der Waals surface area contributed by atoms with Gasteiger partial charge in [0.15, 0.2) is 14.4 Å². The van der Waals surface area contributed by atoms with Crippen LogP contribution in [0.25, 0.3) is 0 Å². The zero-order chi connectivity index (χ0) is 15.0. The molecule has 0 aromatic heterocycles. The molecular weight excluding hydrogens is 262 g/mol. The summed E-state index contributed by atoms with van der Waals surface area (Å²) in [6, 6.07) is -0.364. The molecule has 0 aliphatic carbocycles. The number of carbonyl (C=O) groups is 1. The Morgan fingerprint density at radius 1 is 1.37 bits per heavy atom. The van der Waals surface area contributed by atoms with E-state index in [1.54, 1.807) is 6.92 Å². The monoisotopic (exact) mass is 289 g/mol. The van der Waals surface area contributed by atoms with Gasteiger partial charge in [0.1, 0.15) is 0 Å². The molecule has 2 N–H and O–H groups in total. The number of hydrogen-bond donors (Lipinski definition) is 2. The first-order chi connectivity index (χ1) is 8.45. The maximum Gasteiger partial charge on any atom is 0.334 e. The van der Waals surface area contributed by atoms with E-state index in [2.05, 4.69) is 33.9 Å². The second kappa shape index (κ2) is 5.52. The van der Waals surface area contributed by atoms with Crippen molar-refractivity contribution in [1.82, 2.24) is 4.90 Å². The zero-order valence-electron chi connectivity index (χ0n) is 12.8. The van der Waals surface area contributed by atoms with Crippen LogP contribution >= 0.6 is 0 Å². The topological polar surface area (TPSA) is 70.0 Å². The minimum absolute atomic E-state index is 0.171. The second-order valence-corrected chi connectivity index (χ2v) is 11.7. The van der Waals surface area contributed by atoms with Gasteiger partial charge in [-0.15, -0.1) is 0 Å². The number of likely N-dealkylation sites (tertiary alicyclic amines) is 1. The van der Waals surface area contributed by atoms with Crippen LogP contribution in [-0.4, -0.2) is 60.7 Å². The van der Waals surface area contributed by atoms with Crippen molar-refractivity contribution < 1.29 is 19.4 Å². The second-order valence-electron chi connectivity index (χ2n) is 6.98. The Morgan fingerprint density at radius 2 is 1.84 bits per heavy atom. The first-order valence-corrected chi connectivity index (χ1v) is 9.69. The lowest BCUT2D eigenvalue weighted by molar-refractivity contribution is -0.153. The number of carboxylic acids is 1. The fourth-order valence-electron chi connectivity index (χ4n) is 1.88. The maximum absolute atomic E-state index is 10.7. The normalized spacial score (nSPS) is 21.8. The van der Waals surface area contributed by atoms with Crippen molar-refractivity contribution in [1.29, 1.82) is 0 Å². The molecule has 1 saturated heterocycles. The van der Waals surface area contributed by atoms with Crippen molar-refractivity contribution in [3.05, 3.63) is 0 Å². The van der Waals surface area contributed by atoms with Crippen LogP contribution in [0, 0.1) is 0 Å². The van der Waals surface area contributed by atoms with Crippen LogP contribution in [0.3, 0.4) is 0 Å². The Balaban J connectivity index is 2.45. The molecule has 1 aliphatic rings. The molecule has 5 nitrogen and oxygen atoms in total. The molecule has 0 amide bonds. The first kappa shape index (κ1) is 16.6. The minimum atomic E-state index is -1.76. The molecular formula is C13H27NO4Si. The van der Waals surface area contributed by atoms with E-state index in [9.17, 15) is 9.90 Å². The van der Waals surface area contributed by atoms with Crippen molar-refractivity contribution >= 4 is 14.3 Å². The van der Waals surface area contributed by atoms with Crippen LogP contribution in [-0.2, 0) is 9.22 Å². The summed E-state index contributed by atoms with van der Waals surface area (Å²) in [6.07, 6.45) is -1.15. The van der Waals surface area contributed by atoms with Crippen LogP contribution in [0.2, 0.25) is 18.1 Å². The van der Waals surface area contributed by atoms with Gasteiger partial charge < -0.3 is 14.6 Å². The number of rotatable bonds is 5. The summed E-state index contributed by atoms with van der Waals surface area (Å²) in [7, 11) is -1.76. The molecule has 0 aromatic carbocycles. The van der Waals surface area contributed by atoms with E-state index >= 15 is 0 Å². The standard InChI is InChI=1S/C13H27NO4Si/c1-9(11(15)12(16)17)14-7-10(8-14)18-19(5,6)13(2,3)4/h9-11,15H,7-8H2,1-6H3,(H,16,17)/t9?,11-/m0/s1. The zero-order valence-corrected chi connectivity index (χ0v) is 13.8. The van der Waals surface area contributed by atoms with Crippen molar-refractivity contribution in [2.45, 2.75) is 64.1 Å². The van der Waals surface area contributed by atoms with Crippen molar-refractivity contribution in [2.24, 2.45) is 0 Å². The van der Waals surface area contributed by atoms with Gasteiger partial charge in [0.25, 0.3) is 0 Å². The summed E-state index contributed by atoms with van der Waals surface area (Å²) < 4.78 is 6.23. The number of aliphatic hydroxyl groups is 1. The van der Waals surface area contributed by atoms with Crippen molar-refractivity contribution in [3.8, 4) is 0 Å². The molecule has 0 aromatic rings. The van der Waals surface area contributed by atoms with E-state index < -0.39 is 20.4 Å². The summed E-state index contributed by atoms with van der Waals surface area (Å²) >= 11 is 0. The van der Waals surface area contributed by atoms with Crippen LogP contribution in [0.1, 0.15) is 27.7 Å². The highest BCUT2D eigenvalue weighted by atomic mass is 28.4. The molecule has 0 saturated carbocycles. The molecule has 6 heteroatoms. The molecule has 19 heavy (non-hydrogen) atoms. The average molecular weight is 289 g/mol. The Morgan fingerprint density at radius 3 is 2.21 bits per heavy atom. The third-order valence-electron chi connectivity index (χ3n) is 4.43. The number of nitrogens with zero attached hydrogens (tertiary/aromatic N) is 1. The van der Waals surface area contributed by atoms with Crippen LogP contribution in [0.5, 0.6) is 0 Å². The van der Waals surface area contributed by atoms with Gasteiger partial charge in [0.05, 0.1) is 6.10 Å². The SMILES string of the molecule is CC([C@H](O)C(=O)O)N1CC(O[Si](C)(C)C(C)(C)C)C1. The van der Waals surface area contributed by atoms with Gasteiger partial charge in [-0.05, 0) is 25.1 Å². The van der Waals surface area contributed by atoms with Crippen LogP contribution in [0.4, 0.5) is 0 Å². The number of hydrogen-bond acceptors (Lipinski definition) is 4. The fraction of sp³-hybridized carbons (Fsp3) is 0.923. The summed E-state index contributed by atoms with van der Waals surface area (Å²) in [6.45, 7) is 14.2. The van der Waals surface area contributed by atoms with E-state index in [4.69, 9.17) is 9.53 Å². The summed E-state index contributed by atoms with van der Waals surface area (Å²) in [5.41, 5.74) is 0. The fourth-order valence-corrected chi connectivity index (χ4v) is 3.21. The number of carboxylic acid groups (broad SMARTS) is 1. The molecule has 1 heterocycles. The van der Waals surface area contributed by atoms with E-state index in [0.29, 0.717) is 13.1 Å². The molecule has 0 bridgehead atoms. The number of aliphatic carboxylic acids is 1. The third-order valence-corrected chi connectivity index (χ3v) is 8.96. The highest BCUT2D eigenvalue weighted by molar-refractivity contribution is 6.74. The van der Waals surface area contributed by atoms with Gasteiger partial charge in [-0.2, -0.15) is 0 Å². The predicted molar refractivity (Wildman–Crippen MR) is 76.7 cm³/mol. The highest BCUT2D eigenvalue weighted by Crippen LogP contribution is 2.38. The summed E-state index contributed by atoms with van der Waals surface area (Å²) in [5, 5.41) is 18.5. The van der Waals surface area contributed by atoms with E-state index in [1.165, 1.54) is 0 Å². The molecule has 112 valence electrons. The van der Waals surface area contributed by atoms with E-state index in [-0.39, 0.29) is 17.2 Å². The smallest absolute Gasteiger partial charge is 0.334 e. The van der Waals surface area contributed by atoms with Crippen molar-refractivity contribution in [2.75, 3.05) is 13.1 Å². The molecule has 1 unspecified atom stereocenters. The molecule has 0 spiro atoms. The lowest BCUT2D eigenvalue weighted by Crippen LogP contribution is -2.62. The molecule has 2 atom stereocenters. The van der Waals surface area contributed by atoms with Gasteiger partial charge >= 0.3 is 5.97 Å². The molecule has 1 aliphatic heterocycles. The number of aliphatic hydroxyl groups excluding tert-OH is 1. The van der Waals surface area contributed by atoms with Gasteiger partial charge in [-0.25, -0.2) is 4.79 Å². The van der Waals surface area contributed by atoms with Gasteiger partial charge in [-0.3, -0.25) is 4.90 Å². The Kier molecular flexibility index (Phi) is 4.82. The lowest BCUT2D eigenvalue weighted by atomic mass is 10.0. The van der Waals surface area contributed by atoms with E-state index in [0.717, 1.165) is 0 Å². The summed E-state index contributed by atoms with van der Waals surface area (Å²) in [4.78, 5) is 12.7. The molecule has 0 radical (unpaired) electrons. The Labute approximate surface area is 116 Å². The molecule has 1 fully saturated rings. The lowest BCUT2D eigenvalue weighted by Gasteiger charge is -2.48. The van der Waals surface area contributed by atoms with Crippen LogP contribution in [0.15, 0.2) is 0 Å². The third kappa shape index (κ3) is 3.78. The van der Waals surface area contributed by atoms with E-state index in [1.807, 2.05) is 4.90 Å². The van der Waals surface area contributed by atoms with Crippen LogP contribution < -0.4 is 0 Å². The van der Waals surface area contributed by atoms with Crippen molar-refractivity contribution in [3.63, 3.8) is 0 Å². The largest absolute Gasteiger partial charge is 0.479 e. The average Bonchev–Trinajstić information content (AvgIpc) is 2.18. The maximum atomic E-state index is 10.7. The first-order valence-electron chi connectivity index (χ1n) is 6.78. The summed E-state index contributed by atoms with van der Waals surface area (Å²) in [5.74, 6) is -1.17.